The highest BCUT2D eigenvalue weighted by Gasteiger charge is 2.31. The Morgan fingerprint density at radius 3 is 2.19 bits per heavy atom. The van der Waals surface area contributed by atoms with E-state index in [0.29, 0.717) is 31.0 Å². The van der Waals surface area contributed by atoms with E-state index in [9.17, 15) is 9.59 Å². The van der Waals surface area contributed by atoms with Crippen LogP contribution in [-0.4, -0.2) is 74.0 Å². The van der Waals surface area contributed by atoms with E-state index in [-0.39, 0.29) is 36.6 Å². The lowest BCUT2D eigenvalue weighted by Gasteiger charge is -2.44. The number of Topliss-reactive ketones (excluding diaryl/α,β-unsaturated/α-hetero) is 1. The van der Waals surface area contributed by atoms with Crippen LogP contribution in [0.4, 0.5) is 0 Å². The second-order valence-corrected chi connectivity index (χ2v) is 6.88. The first-order valence-electron chi connectivity index (χ1n) is 9.16. The number of amides is 1. The molecule has 0 radical (unpaired) electrons. The Bertz CT molecular complexity index is 590. The minimum Gasteiger partial charge on any atom is -0.497 e. The monoisotopic (exact) mass is 362 g/mol. The maximum Gasteiger partial charge on any atom is 0.223 e. The van der Waals surface area contributed by atoms with Gasteiger partial charge in [0.15, 0.2) is 5.78 Å². The Morgan fingerprint density at radius 2 is 1.65 bits per heavy atom. The van der Waals surface area contributed by atoms with Crippen molar-refractivity contribution in [3.63, 3.8) is 0 Å². The third-order valence-electron chi connectivity index (χ3n) is 4.99. The van der Waals surface area contributed by atoms with Crippen LogP contribution in [-0.2, 0) is 9.53 Å². The van der Waals surface area contributed by atoms with Crippen molar-refractivity contribution in [2.75, 3.05) is 40.5 Å². The minimum absolute atomic E-state index is 0.0131. The van der Waals surface area contributed by atoms with Crippen molar-refractivity contribution in [2.45, 2.75) is 38.8 Å². The van der Waals surface area contributed by atoms with Crippen molar-refractivity contribution in [3.05, 3.63) is 29.8 Å². The predicted molar refractivity (Wildman–Crippen MR) is 101 cm³/mol. The first-order valence-corrected chi connectivity index (χ1v) is 9.16. The zero-order valence-corrected chi connectivity index (χ0v) is 16.2. The van der Waals surface area contributed by atoms with Gasteiger partial charge in [0, 0.05) is 57.2 Å². The van der Waals surface area contributed by atoms with E-state index in [0.717, 1.165) is 6.54 Å². The number of methoxy groups -OCH3 is 2. The molecule has 0 spiro atoms. The molecule has 26 heavy (non-hydrogen) atoms. The molecule has 0 bridgehead atoms. The number of benzene rings is 1. The predicted octanol–water partition coefficient (Wildman–Crippen LogP) is 2.23. The van der Waals surface area contributed by atoms with Gasteiger partial charge in [-0.2, -0.15) is 0 Å². The Kier molecular flexibility index (Phi) is 7.60. The van der Waals surface area contributed by atoms with Crippen LogP contribution in [0.3, 0.4) is 0 Å². The number of nitrogens with zero attached hydrogens (tertiary/aromatic N) is 2. The molecule has 2 rings (SSSR count). The number of rotatable bonds is 8. The largest absolute Gasteiger partial charge is 0.497 e. The number of carbonyl (C=O) groups excluding carboxylic acids is 2. The third kappa shape index (κ3) is 5.29. The van der Waals surface area contributed by atoms with Gasteiger partial charge in [0.1, 0.15) is 5.75 Å². The summed E-state index contributed by atoms with van der Waals surface area (Å²) >= 11 is 0. The van der Waals surface area contributed by atoms with E-state index in [2.05, 4.69) is 18.7 Å². The molecule has 1 saturated heterocycles. The van der Waals surface area contributed by atoms with Gasteiger partial charge in [-0.25, -0.2) is 0 Å². The number of piperazine rings is 1. The molecule has 0 aromatic heterocycles. The molecule has 2 atom stereocenters. The van der Waals surface area contributed by atoms with Crippen LogP contribution in [0.2, 0.25) is 0 Å². The number of carbonyl (C=O) groups is 2. The minimum atomic E-state index is -0.0131. The molecule has 1 amide bonds. The van der Waals surface area contributed by atoms with Gasteiger partial charge in [-0.15, -0.1) is 0 Å². The summed E-state index contributed by atoms with van der Waals surface area (Å²) in [4.78, 5) is 29.1. The first kappa shape index (κ1) is 20.4. The summed E-state index contributed by atoms with van der Waals surface area (Å²) in [5.74, 6) is 0.754. The van der Waals surface area contributed by atoms with Crippen LogP contribution in [0.5, 0.6) is 5.75 Å². The van der Waals surface area contributed by atoms with Crippen molar-refractivity contribution in [2.24, 2.45) is 0 Å². The molecule has 1 heterocycles. The molecule has 1 fully saturated rings. The van der Waals surface area contributed by atoms with E-state index < -0.39 is 0 Å². The van der Waals surface area contributed by atoms with Gasteiger partial charge in [0.05, 0.1) is 13.7 Å². The lowest BCUT2D eigenvalue weighted by molar-refractivity contribution is -0.135. The molecule has 1 aromatic rings. The maximum absolute atomic E-state index is 12.6. The van der Waals surface area contributed by atoms with Crippen LogP contribution >= 0.6 is 0 Å². The number of ether oxygens (including phenoxy) is 2. The summed E-state index contributed by atoms with van der Waals surface area (Å²) in [6, 6.07) is 7.58. The highest BCUT2D eigenvalue weighted by Crippen LogP contribution is 2.18. The number of hydrogen-bond donors (Lipinski definition) is 0. The van der Waals surface area contributed by atoms with Gasteiger partial charge in [-0.05, 0) is 38.1 Å². The fraction of sp³-hybridized carbons (Fsp3) is 0.600. The van der Waals surface area contributed by atoms with Gasteiger partial charge < -0.3 is 14.4 Å². The van der Waals surface area contributed by atoms with E-state index in [1.165, 1.54) is 0 Å². The van der Waals surface area contributed by atoms with Crippen molar-refractivity contribution in [1.29, 1.82) is 0 Å². The Morgan fingerprint density at radius 1 is 1.04 bits per heavy atom. The maximum atomic E-state index is 12.6. The lowest BCUT2D eigenvalue weighted by Crippen LogP contribution is -2.58. The molecule has 2 unspecified atom stereocenters. The number of ketones is 1. The van der Waals surface area contributed by atoms with Crippen molar-refractivity contribution >= 4 is 11.7 Å². The molecular weight excluding hydrogens is 332 g/mol. The van der Waals surface area contributed by atoms with Gasteiger partial charge in [-0.1, -0.05) is 0 Å². The molecular formula is C20H30N2O4. The highest BCUT2D eigenvalue weighted by molar-refractivity contribution is 5.98. The number of hydrogen-bond acceptors (Lipinski definition) is 5. The second-order valence-electron chi connectivity index (χ2n) is 6.88. The van der Waals surface area contributed by atoms with Crippen molar-refractivity contribution in [3.8, 4) is 5.75 Å². The summed E-state index contributed by atoms with van der Waals surface area (Å²) in [6.45, 7) is 7.23. The Hall–Kier alpha value is -1.92. The van der Waals surface area contributed by atoms with Crippen LogP contribution in [0, 0.1) is 0 Å². The lowest BCUT2D eigenvalue weighted by atomic mass is 10.0. The van der Waals surface area contributed by atoms with Gasteiger partial charge in [0.2, 0.25) is 5.91 Å². The summed E-state index contributed by atoms with van der Waals surface area (Å²) in [5.41, 5.74) is 0.615. The Labute approximate surface area is 156 Å². The first-order chi connectivity index (χ1) is 12.5. The smallest absolute Gasteiger partial charge is 0.223 e. The van der Waals surface area contributed by atoms with Crippen molar-refractivity contribution in [1.82, 2.24) is 9.80 Å². The van der Waals surface area contributed by atoms with E-state index >= 15 is 0 Å². The molecule has 6 nitrogen and oxygen atoms in total. The summed E-state index contributed by atoms with van der Waals surface area (Å²) in [7, 11) is 3.29. The topological polar surface area (TPSA) is 59.1 Å². The summed E-state index contributed by atoms with van der Waals surface area (Å²) in [6.07, 6.45) is 0.486. The molecule has 0 N–H and O–H groups in total. The SMILES string of the molecule is COCCN1C(C)CN(C(=O)CCC(=O)c2ccc(OC)cc2)CC1C. The van der Waals surface area contributed by atoms with Crippen molar-refractivity contribution < 1.29 is 19.1 Å². The fourth-order valence-electron chi connectivity index (χ4n) is 3.50. The van der Waals surface area contributed by atoms with Crippen LogP contribution in [0.15, 0.2) is 24.3 Å². The molecule has 144 valence electrons. The molecule has 1 aliphatic heterocycles. The normalized spacial score (nSPS) is 20.8. The molecule has 1 aromatic carbocycles. The second kappa shape index (κ2) is 9.69. The summed E-state index contributed by atoms with van der Waals surface area (Å²) < 4.78 is 10.3. The van der Waals surface area contributed by atoms with E-state index in [4.69, 9.17) is 9.47 Å². The van der Waals surface area contributed by atoms with Gasteiger partial charge in [-0.3, -0.25) is 14.5 Å². The van der Waals surface area contributed by atoms with Crippen LogP contribution < -0.4 is 4.74 Å². The van der Waals surface area contributed by atoms with E-state index in [1.54, 1.807) is 38.5 Å². The molecule has 0 aliphatic carbocycles. The Balaban J connectivity index is 1.84. The quantitative estimate of drug-likeness (QED) is 0.664. The molecule has 1 aliphatic rings. The van der Waals surface area contributed by atoms with E-state index in [1.807, 2.05) is 4.90 Å². The third-order valence-corrected chi connectivity index (χ3v) is 4.99. The summed E-state index contributed by atoms with van der Waals surface area (Å²) in [5, 5.41) is 0. The van der Waals surface area contributed by atoms with Crippen LogP contribution in [0.25, 0.3) is 0 Å². The van der Waals surface area contributed by atoms with Gasteiger partial charge in [0.25, 0.3) is 0 Å². The fourth-order valence-corrected chi connectivity index (χ4v) is 3.50. The van der Waals surface area contributed by atoms with Crippen LogP contribution in [0.1, 0.15) is 37.0 Å². The van der Waals surface area contributed by atoms with Gasteiger partial charge >= 0.3 is 0 Å². The molecule has 0 saturated carbocycles. The zero-order valence-electron chi connectivity index (χ0n) is 16.2. The standard InChI is InChI=1S/C20H30N2O4/c1-15-13-21(14-16(2)22(15)11-12-25-3)20(24)10-9-19(23)17-5-7-18(26-4)8-6-17/h5-8,15-16H,9-14H2,1-4H3. The average Bonchev–Trinajstić information content (AvgIpc) is 2.65. The molecule has 6 heteroatoms. The highest BCUT2D eigenvalue weighted by atomic mass is 16.5. The zero-order chi connectivity index (χ0) is 19.1. The average molecular weight is 362 g/mol.